The van der Waals surface area contributed by atoms with Crippen molar-refractivity contribution in [2.24, 2.45) is 0 Å². The molecule has 24 heavy (non-hydrogen) atoms. The molecule has 122 valence electrons. The minimum Gasteiger partial charge on any atom is -0.368 e. The summed E-state index contributed by atoms with van der Waals surface area (Å²) in [5, 5.41) is 4.65. The molecule has 0 bridgehead atoms. The average Bonchev–Trinajstić information content (AvgIpc) is 3.17. The van der Waals surface area contributed by atoms with Gasteiger partial charge in [0.15, 0.2) is 0 Å². The van der Waals surface area contributed by atoms with Crippen LogP contribution in [0.3, 0.4) is 0 Å². The largest absolute Gasteiger partial charge is 0.368 e. The van der Waals surface area contributed by atoms with E-state index in [4.69, 9.17) is 0 Å². The van der Waals surface area contributed by atoms with Crippen molar-refractivity contribution in [1.29, 1.82) is 0 Å². The van der Waals surface area contributed by atoms with Crippen molar-refractivity contribution in [3.05, 3.63) is 66.5 Å². The Hall–Kier alpha value is -2.46. The van der Waals surface area contributed by atoms with Crippen LogP contribution in [0.4, 0.5) is 5.82 Å². The van der Waals surface area contributed by atoms with E-state index in [2.05, 4.69) is 56.6 Å². The van der Waals surface area contributed by atoms with Crippen LogP contribution in [-0.2, 0) is 0 Å². The predicted molar refractivity (Wildman–Crippen MR) is 98.0 cm³/mol. The first kappa shape index (κ1) is 15.1. The molecular formula is C20H22N4. The van der Waals surface area contributed by atoms with E-state index in [-0.39, 0.29) is 0 Å². The average molecular weight is 318 g/mol. The van der Waals surface area contributed by atoms with Gasteiger partial charge in [0, 0.05) is 11.9 Å². The molecule has 0 aliphatic carbocycles. The highest BCUT2D eigenvalue weighted by Crippen LogP contribution is 2.26. The lowest BCUT2D eigenvalue weighted by Gasteiger charge is -2.28. The Kier molecular flexibility index (Phi) is 4.38. The van der Waals surface area contributed by atoms with Crippen LogP contribution in [0.1, 0.15) is 24.4 Å². The van der Waals surface area contributed by atoms with Crippen LogP contribution in [0.15, 0.2) is 60.9 Å². The highest BCUT2D eigenvalue weighted by molar-refractivity contribution is 5.88. The number of anilines is 1. The first-order valence-corrected chi connectivity index (χ1v) is 8.64. The summed E-state index contributed by atoms with van der Waals surface area (Å²) in [6.45, 7) is 3.20. The van der Waals surface area contributed by atoms with Crippen molar-refractivity contribution < 1.29 is 0 Å². The predicted octanol–water partition coefficient (Wildman–Crippen LogP) is 3.88. The SMILES string of the molecule is c1ccc(C(CNc2ncnc3ccccc23)N2CCCC2)cc1. The zero-order valence-electron chi connectivity index (χ0n) is 13.7. The molecule has 2 aromatic carbocycles. The Morgan fingerprint density at radius 2 is 1.67 bits per heavy atom. The van der Waals surface area contributed by atoms with E-state index in [1.165, 1.54) is 31.5 Å². The summed E-state index contributed by atoms with van der Waals surface area (Å²) in [6, 6.07) is 19.3. The van der Waals surface area contributed by atoms with Crippen LogP contribution >= 0.6 is 0 Å². The van der Waals surface area contributed by atoms with Crippen molar-refractivity contribution in [3.8, 4) is 0 Å². The van der Waals surface area contributed by atoms with E-state index in [1.54, 1.807) is 6.33 Å². The second kappa shape index (κ2) is 6.97. The lowest BCUT2D eigenvalue weighted by Crippen LogP contribution is -2.31. The summed E-state index contributed by atoms with van der Waals surface area (Å²) in [5.41, 5.74) is 2.35. The van der Waals surface area contributed by atoms with Gasteiger partial charge in [-0.3, -0.25) is 4.90 Å². The Morgan fingerprint density at radius 1 is 0.917 bits per heavy atom. The van der Waals surface area contributed by atoms with Gasteiger partial charge in [-0.1, -0.05) is 42.5 Å². The number of fused-ring (bicyclic) bond motifs is 1. The van der Waals surface area contributed by atoms with Crippen LogP contribution in [-0.4, -0.2) is 34.5 Å². The minimum atomic E-state index is 0.377. The third-order valence-electron chi connectivity index (χ3n) is 4.77. The number of nitrogens with one attached hydrogen (secondary N) is 1. The van der Waals surface area contributed by atoms with Crippen LogP contribution in [0.25, 0.3) is 10.9 Å². The minimum absolute atomic E-state index is 0.377. The molecule has 4 heteroatoms. The zero-order chi connectivity index (χ0) is 16.2. The number of hydrogen-bond acceptors (Lipinski definition) is 4. The number of likely N-dealkylation sites (tertiary alicyclic amines) is 1. The van der Waals surface area contributed by atoms with Gasteiger partial charge in [0.1, 0.15) is 12.1 Å². The molecular weight excluding hydrogens is 296 g/mol. The van der Waals surface area contributed by atoms with Crippen LogP contribution in [0, 0.1) is 0 Å². The maximum absolute atomic E-state index is 4.46. The fourth-order valence-corrected chi connectivity index (χ4v) is 3.53. The number of nitrogens with zero attached hydrogens (tertiary/aromatic N) is 3. The third kappa shape index (κ3) is 3.10. The number of rotatable bonds is 5. The molecule has 0 spiro atoms. The van der Waals surface area contributed by atoms with E-state index in [9.17, 15) is 0 Å². The van der Waals surface area contributed by atoms with Crippen molar-refractivity contribution in [1.82, 2.24) is 14.9 Å². The Labute approximate surface area is 142 Å². The van der Waals surface area contributed by atoms with Gasteiger partial charge in [-0.15, -0.1) is 0 Å². The first-order chi connectivity index (χ1) is 11.9. The fraction of sp³-hybridized carbons (Fsp3) is 0.300. The molecule has 2 heterocycles. The van der Waals surface area contributed by atoms with Crippen molar-refractivity contribution in [2.45, 2.75) is 18.9 Å². The molecule has 1 aliphatic heterocycles. The molecule has 1 unspecified atom stereocenters. The number of aromatic nitrogens is 2. The monoisotopic (exact) mass is 318 g/mol. The molecule has 1 N–H and O–H groups in total. The van der Waals surface area contributed by atoms with Gasteiger partial charge < -0.3 is 5.32 Å². The lowest BCUT2D eigenvalue weighted by atomic mass is 10.1. The van der Waals surface area contributed by atoms with E-state index in [0.717, 1.165) is 23.3 Å². The zero-order valence-corrected chi connectivity index (χ0v) is 13.7. The molecule has 1 fully saturated rings. The van der Waals surface area contributed by atoms with E-state index >= 15 is 0 Å². The lowest BCUT2D eigenvalue weighted by molar-refractivity contribution is 0.256. The Morgan fingerprint density at radius 3 is 2.50 bits per heavy atom. The van der Waals surface area contributed by atoms with Gasteiger partial charge in [0.2, 0.25) is 0 Å². The Bertz CT molecular complexity index is 792. The fourth-order valence-electron chi connectivity index (χ4n) is 3.53. The summed E-state index contributed by atoms with van der Waals surface area (Å²) in [5.74, 6) is 0.917. The maximum atomic E-state index is 4.46. The van der Waals surface area contributed by atoms with Gasteiger partial charge in [0.25, 0.3) is 0 Å². The third-order valence-corrected chi connectivity index (χ3v) is 4.77. The van der Waals surface area contributed by atoms with E-state index < -0.39 is 0 Å². The van der Waals surface area contributed by atoms with Gasteiger partial charge in [-0.05, 0) is 43.6 Å². The van der Waals surface area contributed by atoms with Gasteiger partial charge in [-0.25, -0.2) is 9.97 Å². The summed E-state index contributed by atoms with van der Waals surface area (Å²) < 4.78 is 0. The summed E-state index contributed by atoms with van der Waals surface area (Å²) in [7, 11) is 0. The number of benzene rings is 2. The number of hydrogen-bond donors (Lipinski definition) is 1. The van der Waals surface area contributed by atoms with Gasteiger partial charge >= 0.3 is 0 Å². The topological polar surface area (TPSA) is 41.1 Å². The first-order valence-electron chi connectivity index (χ1n) is 8.64. The quantitative estimate of drug-likeness (QED) is 0.775. The van der Waals surface area contributed by atoms with Crippen molar-refractivity contribution in [2.75, 3.05) is 25.0 Å². The highest BCUT2D eigenvalue weighted by Gasteiger charge is 2.23. The maximum Gasteiger partial charge on any atom is 0.137 e. The molecule has 0 radical (unpaired) electrons. The molecule has 1 atom stereocenters. The molecule has 1 saturated heterocycles. The van der Waals surface area contributed by atoms with Crippen molar-refractivity contribution >= 4 is 16.7 Å². The normalized spacial score (nSPS) is 16.3. The molecule has 4 rings (SSSR count). The van der Waals surface area contributed by atoms with E-state index in [0.29, 0.717) is 6.04 Å². The van der Waals surface area contributed by atoms with E-state index in [1.807, 2.05) is 18.2 Å². The standard InChI is InChI=1S/C20H22N4/c1-2-8-16(9-3-1)19(24-12-6-7-13-24)14-21-20-17-10-4-5-11-18(17)22-15-23-20/h1-5,8-11,15,19H,6-7,12-14H2,(H,21,22,23). The molecule has 0 amide bonds. The molecule has 1 aromatic heterocycles. The number of para-hydroxylation sites is 1. The van der Waals surface area contributed by atoms with Crippen LogP contribution in [0.5, 0.6) is 0 Å². The highest BCUT2D eigenvalue weighted by atomic mass is 15.2. The molecule has 0 saturated carbocycles. The second-order valence-corrected chi connectivity index (χ2v) is 6.29. The van der Waals surface area contributed by atoms with Gasteiger partial charge in [-0.2, -0.15) is 0 Å². The smallest absolute Gasteiger partial charge is 0.137 e. The van der Waals surface area contributed by atoms with Crippen LogP contribution < -0.4 is 5.32 Å². The van der Waals surface area contributed by atoms with Crippen molar-refractivity contribution in [3.63, 3.8) is 0 Å². The Balaban J connectivity index is 1.58. The summed E-state index contributed by atoms with van der Waals surface area (Å²) in [6.07, 6.45) is 4.22. The molecule has 1 aliphatic rings. The second-order valence-electron chi connectivity index (χ2n) is 6.29. The summed E-state index contributed by atoms with van der Waals surface area (Å²) >= 11 is 0. The van der Waals surface area contributed by atoms with Gasteiger partial charge in [0.05, 0.1) is 11.6 Å². The van der Waals surface area contributed by atoms with Crippen LogP contribution in [0.2, 0.25) is 0 Å². The molecule has 4 nitrogen and oxygen atoms in total. The summed E-state index contributed by atoms with van der Waals surface area (Å²) in [4.78, 5) is 11.4. The molecule has 3 aromatic rings.